The summed E-state index contributed by atoms with van der Waals surface area (Å²) in [7, 11) is 1.48. The fourth-order valence-corrected chi connectivity index (χ4v) is 2.11. The summed E-state index contributed by atoms with van der Waals surface area (Å²) in [5.41, 5.74) is 10.5. The SMILES string of the molecule is COCC(=O)N1CCC(NC(=O)C(N)CC(N)=O)CC1. The molecule has 0 aromatic rings. The van der Waals surface area contributed by atoms with Crippen LogP contribution in [0.3, 0.4) is 0 Å². The molecule has 0 saturated carbocycles. The summed E-state index contributed by atoms with van der Waals surface area (Å²) < 4.78 is 4.80. The average Bonchev–Trinajstić information content (AvgIpc) is 2.39. The van der Waals surface area contributed by atoms with E-state index in [0.717, 1.165) is 0 Å². The van der Waals surface area contributed by atoms with E-state index < -0.39 is 11.9 Å². The minimum atomic E-state index is -0.916. The van der Waals surface area contributed by atoms with Crippen molar-refractivity contribution in [3.05, 3.63) is 0 Å². The Morgan fingerprint density at radius 3 is 2.45 bits per heavy atom. The predicted octanol–water partition coefficient (Wildman–Crippen LogP) is -2.06. The van der Waals surface area contributed by atoms with Crippen molar-refractivity contribution >= 4 is 17.7 Å². The maximum Gasteiger partial charge on any atom is 0.248 e. The van der Waals surface area contributed by atoms with Crippen molar-refractivity contribution < 1.29 is 19.1 Å². The van der Waals surface area contributed by atoms with Crippen molar-refractivity contribution in [3.63, 3.8) is 0 Å². The third kappa shape index (κ3) is 5.14. The lowest BCUT2D eigenvalue weighted by atomic mass is 10.0. The summed E-state index contributed by atoms with van der Waals surface area (Å²) in [4.78, 5) is 35.7. The number of primary amides is 1. The van der Waals surface area contributed by atoms with Crippen LogP contribution in [0.2, 0.25) is 0 Å². The molecule has 8 heteroatoms. The van der Waals surface area contributed by atoms with Gasteiger partial charge in [0, 0.05) is 26.2 Å². The highest BCUT2D eigenvalue weighted by atomic mass is 16.5. The van der Waals surface area contributed by atoms with E-state index in [2.05, 4.69) is 5.32 Å². The molecule has 20 heavy (non-hydrogen) atoms. The van der Waals surface area contributed by atoms with Gasteiger partial charge in [-0.25, -0.2) is 0 Å². The van der Waals surface area contributed by atoms with Crippen molar-refractivity contribution in [2.24, 2.45) is 11.5 Å². The van der Waals surface area contributed by atoms with E-state index in [1.54, 1.807) is 4.90 Å². The quantitative estimate of drug-likeness (QED) is 0.517. The lowest BCUT2D eigenvalue weighted by molar-refractivity contribution is -0.136. The van der Waals surface area contributed by atoms with Gasteiger partial charge < -0.3 is 26.4 Å². The molecule has 0 spiro atoms. The number of carbonyl (C=O) groups is 3. The number of hydrogen-bond acceptors (Lipinski definition) is 5. The molecule has 1 heterocycles. The highest BCUT2D eigenvalue weighted by molar-refractivity contribution is 5.87. The van der Waals surface area contributed by atoms with Crippen LogP contribution >= 0.6 is 0 Å². The first-order valence-electron chi connectivity index (χ1n) is 6.55. The molecule has 1 aliphatic rings. The van der Waals surface area contributed by atoms with E-state index >= 15 is 0 Å². The van der Waals surface area contributed by atoms with Gasteiger partial charge in [-0.1, -0.05) is 0 Å². The molecule has 1 atom stereocenters. The summed E-state index contributed by atoms with van der Waals surface area (Å²) in [5, 5.41) is 2.77. The standard InChI is InChI=1S/C12H22N4O4/c1-20-7-11(18)16-4-2-8(3-5-16)15-12(19)9(13)6-10(14)17/h8-9H,2-7,13H2,1H3,(H2,14,17)(H,15,19). The van der Waals surface area contributed by atoms with E-state index in [1.807, 2.05) is 0 Å². The Bertz CT molecular complexity index is 366. The fourth-order valence-electron chi connectivity index (χ4n) is 2.11. The summed E-state index contributed by atoms with van der Waals surface area (Å²) in [6, 6.07) is -0.950. The van der Waals surface area contributed by atoms with E-state index in [1.165, 1.54) is 7.11 Å². The van der Waals surface area contributed by atoms with Crippen molar-refractivity contribution in [2.45, 2.75) is 31.3 Å². The van der Waals surface area contributed by atoms with Crippen molar-refractivity contribution in [1.82, 2.24) is 10.2 Å². The van der Waals surface area contributed by atoms with Gasteiger partial charge in [-0.15, -0.1) is 0 Å². The van der Waals surface area contributed by atoms with E-state index in [9.17, 15) is 14.4 Å². The molecule has 0 radical (unpaired) electrons. The van der Waals surface area contributed by atoms with Gasteiger partial charge in [-0.2, -0.15) is 0 Å². The number of nitrogens with one attached hydrogen (secondary N) is 1. The number of amides is 3. The molecule has 0 aliphatic carbocycles. The fraction of sp³-hybridized carbons (Fsp3) is 0.750. The van der Waals surface area contributed by atoms with Gasteiger partial charge in [-0.05, 0) is 12.8 Å². The van der Waals surface area contributed by atoms with Crippen LogP contribution in [0.25, 0.3) is 0 Å². The van der Waals surface area contributed by atoms with Crippen LogP contribution in [0, 0.1) is 0 Å². The molecule has 1 unspecified atom stereocenters. The van der Waals surface area contributed by atoms with Crippen LogP contribution < -0.4 is 16.8 Å². The molecule has 1 fully saturated rings. The second kappa shape index (κ2) is 7.81. The average molecular weight is 286 g/mol. The Labute approximate surface area is 117 Å². The van der Waals surface area contributed by atoms with Gasteiger partial charge in [0.05, 0.1) is 12.5 Å². The third-order valence-corrected chi connectivity index (χ3v) is 3.22. The molecule has 1 rings (SSSR count). The molecule has 8 nitrogen and oxygen atoms in total. The second-order valence-corrected chi connectivity index (χ2v) is 4.87. The van der Waals surface area contributed by atoms with Crippen LogP contribution in [0.5, 0.6) is 0 Å². The van der Waals surface area contributed by atoms with E-state index in [-0.39, 0.29) is 30.9 Å². The Morgan fingerprint density at radius 2 is 1.95 bits per heavy atom. The van der Waals surface area contributed by atoms with E-state index in [0.29, 0.717) is 25.9 Å². The van der Waals surface area contributed by atoms with Crippen LogP contribution in [-0.2, 0) is 19.1 Å². The molecule has 3 amide bonds. The summed E-state index contributed by atoms with van der Waals surface area (Å²) in [6.45, 7) is 1.21. The number of piperidine rings is 1. The lowest BCUT2D eigenvalue weighted by Crippen LogP contribution is -2.51. The molecule has 0 bridgehead atoms. The minimum Gasteiger partial charge on any atom is -0.375 e. The van der Waals surface area contributed by atoms with Crippen molar-refractivity contribution in [2.75, 3.05) is 26.8 Å². The highest BCUT2D eigenvalue weighted by Crippen LogP contribution is 2.10. The molecule has 1 aliphatic heterocycles. The molecule has 0 aromatic carbocycles. The first-order chi connectivity index (χ1) is 9.43. The predicted molar refractivity (Wildman–Crippen MR) is 71.4 cm³/mol. The van der Waals surface area contributed by atoms with Gasteiger partial charge in [-0.3, -0.25) is 14.4 Å². The largest absolute Gasteiger partial charge is 0.375 e. The molecular formula is C12H22N4O4. The molecule has 0 aromatic heterocycles. The Hall–Kier alpha value is -1.67. The molecular weight excluding hydrogens is 264 g/mol. The first-order valence-corrected chi connectivity index (χ1v) is 6.55. The van der Waals surface area contributed by atoms with Crippen molar-refractivity contribution in [1.29, 1.82) is 0 Å². The van der Waals surface area contributed by atoms with E-state index in [4.69, 9.17) is 16.2 Å². The molecule has 114 valence electrons. The maximum absolute atomic E-state index is 11.7. The zero-order chi connectivity index (χ0) is 15.1. The van der Waals surface area contributed by atoms with Crippen LogP contribution in [0.4, 0.5) is 0 Å². The normalized spacial score (nSPS) is 17.6. The zero-order valence-corrected chi connectivity index (χ0v) is 11.6. The molecule has 5 N–H and O–H groups in total. The van der Waals surface area contributed by atoms with Gasteiger partial charge in [0.25, 0.3) is 0 Å². The number of rotatable bonds is 6. The van der Waals surface area contributed by atoms with Gasteiger partial charge in [0.15, 0.2) is 0 Å². The van der Waals surface area contributed by atoms with Crippen LogP contribution in [-0.4, -0.2) is 61.5 Å². The topological polar surface area (TPSA) is 128 Å². The smallest absolute Gasteiger partial charge is 0.248 e. The first kappa shape index (κ1) is 16.4. The van der Waals surface area contributed by atoms with Crippen LogP contribution in [0.15, 0.2) is 0 Å². The number of ether oxygens (including phenoxy) is 1. The third-order valence-electron chi connectivity index (χ3n) is 3.22. The van der Waals surface area contributed by atoms with Gasteiger partial charge in [0.1, 0.15) is 6.61 Å². The number of methoxy groups -OCH3 is 1. The zero-order valence-electron chi connectivity index (χ0n) is 11.6. The summed E-state index contributed by atoms with van der Waals surface area (Å²) in [5.74, 6) is -1.04. The molecule has 1 saturated heterocycles. The Kier molecular flexibility index (Phi) is 6.40. The monoisotopic (exact) mass is 286 g/mol. The maximum atomic E-state index is 11.7. The Morgan fingerprint density at radius 1 is 1.35 bits per heavy atom. The van der Waals surface area contributed by atoms with Gasteiger partial charge >= 0.3 is 0 Å². The van der Waals surface area contributed by atoms with Crippen molar-refractivity contribution in [3.8, 4) is 0 Å². The second-order valence-electron chi connectivity index (χ2n) is 4.87. The minimum absolute atomic E-state index is 0.0342. The number of nitrogens with two attached hydrogens (primary N) is 2. The summed E-state index contributed by atoms with van der Waals surface area (Å²) in [6.07, 6.45) is 1.14. The number of likely N-dealkylation sites (tertiary alicyclic amines) is 1. The van der Waals surface area contributed by atoms with Gasteiger partial charge in [0.2, 0.25) is 17.7 Å². The number of nitrogens with zero attached hydrogens (tertiary/aromatic N) is 1. The number of hydrogen-bond donors (Lipinski definition) is 3. The lowest BCUT2D eigenvalue weighted by Gasteiger charge is -2.32. The highest BCUT2D eigenvalue weighted by Gasteiger charge is 2.25. The Balaban J connectivity index is 2.33. The summed E-state index contributed by atoms with van der Waals surface area (Å²) >= 11 is 0. The van der Waals surface area contributed by atoms with Crippen LogP contribution in [0.1, 0.15) is 19.3 Å². The number of carbonyl (C=O) groups excluding carboxylic acids is 3.